The largest absolute Gasteiger partial charge is 0.369 e. The molecule has 0 aromatic carbocycles. The second kappa shape index (κ2) is 17.0. The molecule has 0 aromatic rings. The first-order chi connectivity index (χ1) is 17.6. The van der Waals surface area contributed by atoms with E-state index in [1.807, 2.05) is 30.9 Å². The standard InChI is InChI=1S/C30H44N4O3/c1-8-10-12-13-14-15-17-27-22-29(36)34(30(27)37)32-28(35)20-21-33(23(3)4)26(7)19-18-25(6)31-24(5)16-11-9-2/h9,11,15-19,23,27,31H,2,5-8,10,12-14,20-22H2,1,3-4H3,(H,32,35)/b16-11-,17-15+,19-18-. The average Bonchev–Trinajstić information content (AvgIpc) is 3.10. The van der Waals surface area contributed by atoms with Gasteiger partial charge in [0.2, 0.25) is 11.8 Å². The maximum atomic E-state index is 12.6. The van der Waals surface area contributed by atoms with E-state index in [1.54, 1.807) is 30.4 Å². The molecule has 1 aliphatic heterocycles. The number of hydrazine groups is 1. The fourth-order valence-electron chi connectivity index (χ4n) is 3.78. The Morgan fingerprint density at radius 3 is 2.46 bits per heavy atom. The van der Waals surface area contributed by atoms with E-state index in [1.165, 1.54) is 12.8 Å². The molecule has 1 fully saturated rings. The van der Waals surface area contributed by atoms with Gasteiger partial charge in [-0.3, -0.25) is 19.8 Å². The second-order valence-corrected chi connectivity index (χ2v) is 9.32. The number of imide groups is 1. The van der Waals surface area contributed by atoms with Crippen LogP contribution >= 0.6 is 0 Å². The quantitative estimate of drug-likeness (QED) is 0.111. The number of hydrogen-bond acceptors (Lipinski definition) is 5. The van der Waals surface area contributed by atoms with Gasteiger partial charge >= 0.3 is 0 Å². The summed E-state index contributed by atoms with van der Waals surface area (Å²) in [5.41, 5.74) is 4.50. The molecule has 3 amide bonds. The second-order valence-electron chi connectivity index (χ2n) is 9.32. The summed E-state index contributed by atoms with van der Waals surface area (Å²) in [6.45, 7) is 22.1. The van der Waals surface area contributed by atoms with E-state index in [2.05, 4.69) is 44.0 Å². The van der Waals surface area contributed by atoms with E-state index < -0.39 is 11.8 Å². The Balaban J connectivity index is 2.58. The van der Waals surface area contributed by atoms with Gasteiger partial charge in [0.05, 0.1) is 5.92 Å². The van der Waals surface area contributed by atoms with E-state index in [0.29, 0.717) is 23.6 Å². The van der Waals surface area contributed by atoms with Crippen LogP contribution in [-0.2, 0) is 14.4 Å². The zero-order valence-electron chi connectivity index (χ0n) is 22.8. The number of carbonyl (C=O) groups excluding carboxylic acids is 3. The van der Waals surface area contributed by atoms with Crippen molar-refractivity contribution in [2.24, 2.45) is 5.92 Å². The van der Waals surface area contributed by atoms with Crippen LogP contribution in [0.25, 0.3) is 0 Å². The number of carbonyl (C=O) groups is 3. The molecule has 0 aromatic heterocycles. The van der Waals surface area contributed by atoms with E-state index in [-0.39, 0.29) is 30.7 Å². The molecule has 0 saturated carbocycles. The maximum absolute atomic E-state index is 12.6. The van der Waals surface area contributed by atoms with Gasteiger partial charge in [-0.05, 0) is 44.9 Å². The van der Waals surface area contributed by atoms with Crippen molar-refractivity contribution >= 4 is 17.7 Å². The average molecular weight is 509 g/mol. The summed E-state index contributed by atoms with van der Waals surface area (Å²) in [6, 6.07) is 0.0820. The van der Waals surface area contributed by atoms with Gasteiger partial charge in [-0.2, -0.15) is 5.01 Å². The minimum absolute atomic E-state index is 0.0814. The zero-order valence-corrected chi connectivity index (χ0v) is 22.8. The third kappa shape index (κ3) is 11.8. The molecule has 7 nitrogen and oxygen atoms in total. The van der Waals surface area contributed by atoms with Gasteiger partial charge in [0.15, 0.2) is 0 Å². The van der Waals surface area contributed by atoms with Gasteiger partial charge in [0.1, 0.15) is 0 Å². The van der Waals surface area contributed by atoms with Crippen LogP contribution in [0.1, 0.15) is 65.7 Å². The van der Waals surface area contributed by atoms with Crippen molar-refractivity contribution in [3.63, 3.8) is 0 Å². The molecule has 7 heteroatoms. The van der Waals surface area contributed by atoms with Gasteiger partial charge in [0, 0.05) is 42.5 Å². The van der Waals surface area contributed by atoms with Crippen LogP contribution in [0.3, 0.4) is 0 Å². The number of nitrogens with one attached hydrogen (secondary N) is 2. The lowest BCUT2D eigenvalue weighted by Crippen LogP contribution is -2.47. The number of allylic oxidation sites excluding steroid dienone is 6. The number of rotatable bonds is 18. The molecule has 1 rings (SSSR count). The van der Waals surface area contributed by atoms with Crippen LogP contribution in [0, 0.1) is 5.92 Å². The van der Waals surface area contributed by atoms with Crippen LogP contribution in [-0.4, -0.2) is 40.2 Å². The molecule has 1 heterocycles. The van der Waals surface area contributed by atoms with Crippen LogP contribution in [0.4, 0.5) is 0 Å². The molecule has 2 N–H and O–H groups in total. The Labute approximate surface area is 223 Å². The van der Waals surface area contributed by atoms with Crippen molar-refractivity contribution in [2.45, 2.75) is 71.8 Å². The topological polar surface area (TPSA) is 81.8 Å². The fraction of sp³-hybridized carbons (Fsp3) is 0.433. The van der Waals surface area contributed by atoms with Crippen LogP contribution < -0.4 is 10.7 Å². The summed E-state index contributed by atoms with van der Waals surface area (Å²) >= 11 is 0. The number of hydrogen-bond donors (Lipinski definition) is 2. The van der Waals surface area contributed by atoms with Gasteiger partial charge in [-0.1, -0.05) is 76.8 Å². The highest BCUT2D eigenvalue weighted by molar-refractivity contribution is 6.05. The summed E-state index contributed by atoms with van der Waals surface area (Å²) < 4.78 is 0. The van der Waals surface area contributed by atoms with Gasteiger partial charge in [-0.25, -0.2) is 0 Å². The van der Waals surface area contributed by atoms with E-state index in [0.717, 1.165) is 24.3 Å². The number of unbranched alkanes of at least 4 members (excludes halogenated alkanes) is 4. The molecule has 202 valence electrons. The summed E-state index contributed by atoms with van der Waals surface area (Å²) in [6.07, 6.45) is 18.2. The monoisotopic (exact) mass is 508 g/mol. The third-order valence-electron chi connectivity index (χ3n) is 5.81. The lowest BCUT2D eigenvalue weighted by Gasteiger charge is -2.29. The maximum Gasteiger partial charge on any atom is 0.255 e. The van der Waals surface area contributed by atoms with Crippen LogP contribution in [0.5, 0.6) is 0 Å². The molecule has 0 radical (unpaired) electrons. The predicted octanol–water partition coefficient (Wildman–Crippen LogP) is 5.45. The van der Waals surface area contributed by atoms with E-state index in [9.17, 15) is 14.4 Å². The summed E-state index contributed by atoms with van der Waals surface area (Å²) in [5.74, 6) is -1.68. The van der Waals surface area contributed by atoms with Crippen molar-refractivity contribution < 1.29 is 14.4 Å². The smallest absolute Gasteiger partial charge is 0.255 e. The molecule has 1 atom stereocenters. The molecule has 1 unspecified atom stereocenters. The van der Waals surface area contributed by atoms with Crippen molar-refractivity contribution in [3.05, 3.63) is 85.9 Å². The number of amides is 3. The molecule has 1 saturated heterocycles. The Kier molecular flexibility index (Phi) is 14.4. The molecular formula is C30H44N4O3. The summed E-state index contributed by atoms with van der Waals surface area (Å²) in [4.78, 5) is 39.5. The first-order valence-corrected chi connectivity index (χ1v) is 13.0. The molecular weight excluding hydrogens is 464 g/mol. The summed E-state index contributed by atoms with van der Waals surface area (Å²) in [5, 5.41) is 3.92. The fourth-order valence-corrected chi connectivity index (χ4v) is 3.78. The van der Waals surface area contributed by atoms with Crippen molar-refractivity contribution in [1.82, 2.24) is 20.7 Å². The van der Waals surface area contributed by atoms with Gasteiger partial charge in [-0.15, -0.1) is 0 Å². The first-order valence-electron chi connectivity index (χ1n) is 13.0. The Morgan fingerprint density at radius 1 is 1.11 bits per heavy atom. The van der Waals surface area contributed by atoms with E-state index in [4.69, 9.17) is 0 Å². The third-order valence-corrected chi connectivity index (χ3v) is 5.81. The Bertz CT molecular complexity index is 942. The normalized spacial score (nSPS) is 15.8. The van der Waals surface area contributed by atoms with Crippen molar-refractivity contribution in [1.29, 1.82) is 0 Å². The lowest BCUT2D eigenvalue weighted by molar-refractivity contribution is -0.148. The van der Waals surface area contributed by atoms with Crippen molar-refractivity contribution in [3.8, 4) is 0 Å². The minimum atomic E-state index is -0.513. The molecule has 0 bridgehead atoms. The molecule has 1 aliphatic rings. The molecule has 0 aliphatic carbocycles. The van der Waals surface area contributed by atoms with Crippen LogP contribution in [0.15, 0.2) is 85.9 Å². The van der Waals surface area contributed by atoms with Crippen molar-refractivity contribution in [2.75, 3.05) is 6.54 Å². The predicted molar refractivity (Wildman–Crippen MR) is 151 cm³/mol. The van der Waals surface area contributed by atoms with Gasteiger partial charge < -0.3 is 10.2 Å². The molecule has 0 spiro atoms. The lowest BCUT2D eigenvalue weighted by atomic mass is 10.1. The molecule has 37 heavy (non-hydrogen) atoms. The highest BCUT2D eigenvalue weighted by Gasteiger charge is 2.38. The number of nitrogens with zero attached hydrogens (tertiary/aromatic N) is 2. The highest BCUT2D eigenvalue weighted by atomic mass is 16.2. The highest BCUT2D eigenvalue weighted by Crippen LogP contribution is 2.20. The Morgan fingerprint density at radius 2 is 1.81 bits per heavy atom. The van der Waals surface area contributed by atoms with Gasteiger partial charge in [0.25, 0.3) is 5.91 Å². The summed E-state index contributed by atoms with van der Waals surface area (Å²) in [7, 11) is 0. The SMILES string of the molecule is C=C/C=C\C(=C)NC(=C)/C=C\C(=C)N(CCC(=O)NN1C(=O)CC(/C=C/CCCCCC)C1=O)C(C)C. The minimum Gasteiger partial charge on any atom is -0.369 e. The first kappa shape index (κ1) is 31.4. The van der Waals surface area contributed by atoms with E-state index >= 15 is 0 Å². The van der Waals surface area contributed by atoms with Crippen LogP contribution in [0.2, 0.25) is 0 Å². The zero-order chi connectivity index (χ0) is 27.8. The Hall–Kier alpha value is -3.61.